The Morgan fingerprint density at radius 1 is 1.08 bits per heavy atom. The first-order valence-corrected chi connectivity index (χ1v) is 4.29. The van der Waals surface area contributed by atoms with Crippen LogP contribution in [-0.2, 0) is 0 Å². The molecule has 0 aliphatic carbocycles. The second-order valence-corrected chi connectivity index (χ2v) is 3.30. The molecule has 0 spiro atoms. The lowest BCUT2D eigenvalue weighted by atomic mass is 10.3. The molecule has 3 rings (SSSR count). The Labute approximate surface area is 78.0 Å². The number of fused-ring (bicyclic) bond motifs is 2. The first-order valence-electron chi connectivity index (χ1n) is 3.88. The number of rotatable bonds is 0. The Hall–Kier alpha value is -1.62. The maximum Gasteiger partial charge on any atom is 0.175 e. The lowest BCUT2D eigenvalue weighted by Gasteiger charge is -1.88. The highest BCUT2D eigenvalue weighted by molar-refractivity contribution is 7.71. The zero-order chi connectivity index (χ0) is 8.84. The number of hydrogen-bond acceptors (Lipinski definition) is 2. The van der Waals surface area contributed by atoms with E-state index in [1.165, 1.54) is 0 Å². The Morgan fingerprint density at radius 3 is 2.69 bits per heavy atom. The van der Waals surface area contributed by atoms with Gasteiger partial charge in [-0.25, -0.2) is 4.98 Å². The van der Waals surface area contributed by atoms with Crippen molar-refractivity contribution in [2.75, 3.05) is 0 Å². The van der Waals surface area contributed by atoms with Gasteiger partial charge in [-0.2, -0.15) is 0 Å². The van der Waals surface area contributed by atoms with Gasteiger partial charge in [0.2, 0.25) is 0 Å². The molecule has 1 aromatic carbocycles. The third-order valence-corrected chi connectivity index (χ3v) is 2.26. The van der Waals surface area contributed by atoms with Crippen molar-refractivity contribution in [2.24, 2.45) is 0 Å². The smallest absolute Gasteiger partial charge is 0.175 e. The van der Waals surface area contributed by atoms with Gasteiger partial charge in [-0.05, 0) is 24.4 Å². The zero-order valence-corrected chi connectivity index (χ0v) is 7.40. The first kappa shape index (κ1) is 6.85. The molecule has 13 heavy (non-hydrogen) atoms. The number of nitrogens with one attached hydrogen (secondary N) is 3. The van der Waals surface area contributed by atoms with Crippen LogP contribution in [0.5, 0.6) is 0 Å². The maximum absolute atomic E-state index is 4.98. The third kappa shape index (κ3) is 0.905. The molecule has 0 fully saturated rings. The molecule has 64 valence electrons. The fourth-order valence-electron chi connectivity index (χ4n) is 1.46. The summed E-state index contributed by atoms with van der Waals surface area (Å²) >= 11 is 4.98. The highest BCUT2D eigenvalue weighted by Crippen LogP contribution is 2.16. The van der Waals surface area contributed by atoms with Crippen LogP contribution in [0.4, 0.5) is 0 Å². The molecular formula is C8H6N4S. The molecule has 2 aromatic heterocycles. The predicted molar refractivity (Wildman–Crippen MR) is 53.1 cm³/mol. The average Bonchev–Trinajstić information content (AvgIpc) is 2.63. The van der Waals surface area contributed by atoms with Gasteiger partial charge in [-0.3, -0.25) is 0 Å². The largest absolute Gasteiger partial charge is 0.345 e. The van der Waals surface area contributed by atoms with Crippen molar-refractivity contribution in [2.45, 2.75) is 0 Å². The van der Waals surface area contributed by atoms with E-state index in [2.05, 4.69) is 19.9 Å². The molecule has 0 aliphatic rings. The van der Waals surface area contributed by atoms with Gasteiger partial charge in [0.1, 0.15) is 0 Å². The molecule has 0 aliphatic heterocycles. The van der Waals surface area contributed by atoms with Crippen molar-refractivity contribution in [3.8, 4) is 0 Å². The summed E-state index contributed by atoms with van der Waals surface area (Å²) in [6, 6.07) is 3.96. The number of aromatic nitrogens is 4. The van der Waals surface area contributed by atoms with Crippen molar-refractivity contribution in [1.29, 1.82) is 0 Å². The maximum atomic E-state index is 4.98. The van der Waals surface area contributed by atoms with Gasteiger partial charge in [0.15, 0.2) is 4.77 Å². The summed E-state index contributed by atoms with van der Waals surface area (Å²) in [4.78, 5) is 13.3. The van der Waals surface area contributed by atoms with Gasteiger partial charge in [0, 0.05) is 0 Å². The van der Waals surface area contributed by atoms with Crippen LogP contribution in [0, 0.1) is 4.77 Å². The Morgan fingerprint density at radius 2 is 1.85 bits per heavy atom. The molecule has 0 saturated heterocycles. The monoisotopic (exact) mass is 190 g/mol. The lowest BCUT2D eigenvalue weighted by Crippen LogP contribution is -1.71. The van der Waals surface area contributed by atoms with Crippen LogP contribution >= 0.6 is 12.2 Å². The summed E-state index contributed by atoms with van der Waals surface area (Å²) in [5.74, 6) is 0. The van der Waals surface area contributed by atoms with Crippen molar-refractivity contribution in [1.82, 2.24) is 19.9 Å². The Bertz CT molecular complexity index is 579. The summed E-state index contributed by atoms with van der Waals surface area (Å²) in [5, 5.41) is 0. The topological polar surface area (TPSA) is 60.3 Å². The summed E-state index contributed by atoms with van der Waals surface area (Å²) in [6.45, 7) is 0. The standard InChI is InChI=1S/C8H6N4S/c13-8-11-6-1-4-5(10-3-9-4)2-7(6)12-8/h1-3H,(H,9,10)(H2,11,12,13). The minimum Gasteiger partial charge on any atom is -0.345 e. The van der Waals surface area contributed by atoms with Crippen molar-refractivity contribution < 1.29 is 0 Å². The molecule has 0 bridgehead atoms. The van der Waals surface area contributed by atoms with Crippen LogP contribution in [0.1, 0.15) is 0 Å². The van der Waals surface area contributed by atoms with Gasteiger partial charge in [0.25, 0.3) is 0 Å². The number of aromatic amines is 3. The van der Waals surface area contributed by atoms with E-state index in [-0.39, 0.29) is 0 Å². The van der Waals surface area contributed by atoms with Gasteiger partial charge in [-0.1, -0.05) is 0 Å². The van der Waals surface area contributed by atoms with Gasteiger partial charge >= 0.3 is 0 Å². The van der Waals surface area contributed by atoms with E-state index in [4.69, 9.17) is 12.2 Å². The Balaban J connectivity index is 2.62. The second kappa shape index (κ2) is 2.20. The molecule has 0 unspecified atom stereocenters. The van der Waals surface area contributed by atoms with Crippen LogP contribution in [0.25, 0.3) is 22.1 Å². The summed E-state index contributed by atoms with van der Waals surface area (Å²) in [6.07, 6.45) is 1.68. The van der Waals surface area contributed by atoms with E-state index in [0.717, 1.165) is 22.1 Å². The molecular weight excluding hydrogens is 184 g/mol. The minimum atomic E-state index is 0.641. The van der Waals surface area contributed by atoms with Crippen LogP contribution in [0.3, 0.4) is 0 Å². The number of nitrogens with zero attached hydrogens (tertiary/aromatic N) is 1. The van der Waals surface area contributed by atoms with E-state index in [0.29, 0.717) is 4.77 Å². The van der Waals surface area contributed by atoms with Gasteiger partial charge in [0.05, 0.1) is 28.4 Å². The predicted octanol–water partition coefficient (Wildman–Crippen LogP) is 2.10. The third-order valence-electron chi connectivity index (χ3n) is 2.06. The summed E-state index contributed by atoms with van der Waals surface area (Å²) < 4.78 is 0.641. The lowest BCUT2D eigenvalue weighted by molar-refractivity contribution is 1.30. The van der Waals surface area contributed by atoms with Crippen molar-refractivity contribution in [3.63, 3.8) is 0 Å². The van der Waals surface area contributed by atoms with E-state index >= 15 is 0 Å². The van der Waals surface area contributed by atoms with E-state index in [9.17, 15) is 0 Å². The van der Waals surface area contributed by atoms with Crippen molar-refractivity contribution in [3.05, 3.63) is 23.2 Å². The number of hydrogen-bond donors (Lipinski definition) is 3. The van der Waals surface area contributed by atoms with E-state index in [1.54, 1.807) is 6.33 Å². The fraction of sp³-hybridized carbons (Fsp3) is 0. The first-order chi connectivity index (χ1) is 6.33. The van der Waals surface area contributed by atoms with Crippen LogP contribution in [0.2, 0.25) is 0 Å². The summed E-state index contributed by atoms with van der Waals surface area (Å²) in [7, 11) is 0. The van der Waals surface area contributed by atoms with E-state index < -0.39 is 0 Å². The second-order valence-electron chi connectivity index (χ2n) is 2.90. The fourth-order valence-corrected chi connectivity index (χ4v) is 1.68. The summed E-state index contributed by atoms with van der Waals surface area (Å²) in [5.41, 5.74) is 3.95. The molecule has 3 N–H and O–H groups in total. The Kier molecular flexibility index (Phi) is 1.16. The number of imidazole rings is 2. The molecule has 2 heterocycles. The molecule has 5 heteroatoms. The number of H-pyrrole nitrogens is 3. The molecule has 0 atom stereocenters. The van der Waals surface area contributed by atoms with Crippen LogP contribution in [0.15, 0.2) is 18.5 Å². The van der Waals surface area contributed by atoms with Crippen LogP contribution in [-0.4, -0.2) is 19.9 Å². The van der Waals surface area contributed by atoms with Crippen LogP contribution < -0.4 is 0 Å². The van der Waals surface area contributed by atoms with Crippen molar-refractivity contribution >= 4 is 34.3 Å². The molecule has 0 amide bonds. The highest BCUT2D eigenvalue weighted by Gasteiger charge is 2.00. The number of benzene rings is 1. The zero-order valence-electron chi connectivity index (χ0n) is 6.59. The SMILES string of the molecule is S=c1[nH]c2cc3nc[nH]c3cc2[nH]1. The average molecular weight is 190 g/mol. The quantitative estimate of drug-likeness (QED) is 0.475. The molecule has 4 nitrogen and oxygen atoms in total. The van der Waals surface area contributed by atoms with E-state index in [1.807, 2.05) is 12.1 Å². The normalized spacial score (nSPS) is 11.4. The molecule has 0 radical (unpaired) electrons. The minimum absolute atomic E-state index is 0.641. The highest BCUT2D eigenvalue weighted by atomic mass is 32.1. The molecule has 0 saturated carbocycles. The van der Waals surface area contributed by atoms with Gasteiger partial charge in [-0.15, -0.1) is 0 Å². The molecule has 3 aromatic rings. The van der Waals surface area contributed by atoms with Gasteiger partial charge < -0.3 is 15.0 Å².